The predicted octanol–water partition coefficient (Wildman–Crippen LogP) is 4.32. The number of fused-ring (bicyclic) bond motifs is 6. The van der Waals surface area contributed by atoms with Crippen molar-refractivity contribution < 1.29 is 52.2 Å². The number of aldehydes is 1. The Bertz CT molecular complexity index is 1350. The third kappa shape index (κ3) is 6.00. The highest BCUT2D eigenvalue weighted by atomic mass is 16.8. The fraction of sp³-hybridized carbons (Fsp3) is 0.846. The van der Waals surface area contributed by atoms with Gasteiger partial charge in [-0.15, -0.1) is 0 Å². The van der Waals surface area contributed by atoms with Crippen molar-refractivity contribution in [2.24, 2.45) is 11.8 Å². The molecular formula is C39H54O11. The molecule has 10 rings (SSSR count). The number of carbonyl (C=O) groups is 2. The van der Waals surface area contributed by atoms with E-state index >= 15 is 0 Å². The molecule has 11 nitrogen and oxygen atoms in total. The zero-order valence-electron chi connectivity index (χ0n) is 29.5. The Morgan fingerprint density at radius 3 is 2.36 bits per heavy atom. The van der Waals surface area contributed by atoms with Gasteiger partial charge in [0.05, 0.1) is 61.0 Å². The van der Waals surface area contributed by atoms with Crippen LogP contribution in [0.5, 0.6) is 0 Å². The van der Waals surface area contributed by atoms with Crippen LogP contribution < -0.4 is 0 Å². The average Bonchev–Trinajstić information content (AvgIpc) is 3.76. The molecule has 10 fully saturated rings. The monoisotopic (exact) mass is 698 g/mol. The number of ether oxygens (including phenoxy) is 9. The molecule has 18 atom stereocenters. The summed E-state index contributed by atoms with van der Waals surface area (Å²) in [6.07, 6.45) is 6.39. The van der Waals surface area contributed by atoms with Crippen LogP contribution in [0.4, 0.5) is 0 Å². The molecule has 50 heavy (non-hydrogen) atoms. The summed E-state index contributed by atoms with van der Waals surface area (Å²) in [5, 5.41) is 0. The zero-order chi connectivity index (χ0) is 34.3. The summed E-state index contributed by atoms with van der Waals surface area (Å²) in [5.41, 5.74) is 2.20. The lowest BCUT2D eigenvalue weighted by Crippen LogP contribution is -2.61. The van der Waals surface area contributed by atoms with Crippen LogP contribution in [0.15, 0.2) is 24.3 Å². The first-order chi connectivity index (χ1) is 24.2. The minimum absolute atomic E-state index is 0.0117. The van der Waals surface area contributed by atoms with Crippen molar-refractivity contribution >= 4 is 12.1 Å². The van der Waals surface area contributed by atoms with Gasteiger partial charge >= 0.3 is 0 Å². The fourth-order valence-corrected chi connectivity index (χ4v) is 11.0. The largest absolute Gasteiger partial charge is 0.378 e. The molecular weight excluding hydrogens is 644 g/mol. The number of ketones is 1. The number of carbonyl (C=O) groups excluding carboxylic acids is 2. The van der Waals surface area contributed by atoms with E-state index in [0.29, 0.717) is 19.3 Å². The summed E-state index contributed by atoms with van der Waals surface area (Å²) < 4.78 is 59.6. The summed E-state index contributed by atoms with van der Waals surface area (Å²) in [4.78, 5) is 25.6. The third-order valence-corrected chi connectivity index (χ3v) is 13.5. The van der Waals surface area contributed by atoms with Crippen LogP contribution in [0.3, 0.4) is 0 Å². The SMILES string of the molecule is C=C1C(C)CC2CC[C@@H]3O[C@@H](CC[C@@]45CC6OC7C(O4)[C@H]4OC(CCC4O[C@H]7C6O5)CC(=O)CC4[C@H](CC1O2)O[C@H](CC=O)[C@@H]4OC)CC3=C. The van der Waals surface area contributed by atoms with Gasteiger partial charge in [0, 0.05) is 51.6 Å². The van der Waals surface area contributed by atoms with E-state index in [-0.39, 0.29) is 122 Å². The third-order valence-electron chi connectivity index (χ3n) is 13.5. The lowest BCUT2D eigenvalue weighted by molar-refractivity contribution is -0.292. The van der Waals surface area contributed by atoms with E-state index in [1.807, 2.05) is 0 Å². The van der Waals surface area contributed by atoms with Gasteiger partial charge in [-0.2, -0.15) is 0 Å². The molecule has 1 spiro atoms. The highest BCUT2D eigenvalue weighted by molar-refractivity contribution is 5.79. The number of methoxy groups -OCH3 is 1. The molecule has 10 aliphatic rings. The van der Waals surface area contributed by atoms with Gasteiger partial charge in [0.1, 0.15) is 42.6 Å². The van der Waals surface area contributed by atoms with Gasteiger partial charge in [0.25, 0.3) is 0 Å². The maximum atomic E-state index is 13.9. The Kier molecular flexibility index (Phi) is 9.17. The van der Waals surface area contributed by atoms with Crippen molar-refractivity contribution in [1.29, 1.82) is 0 Å². The number of Topliss-reactive ketones (excluding diaryl/α,β-unsaturated/α-hetero) is 1. The zero-order valence-corrected chi connectivity index (χ0v) is 29.5. The second-order valence-corrected chi connectivity index (χ2v) is 16.7. The topological polar surface area (TPSA) is 117 Å². The van der Waals surface area contributed by atoms with Crippen LogP contribution in [0.1, 0.15) is 90.4 Å². The van der Waals surface area contributed by atoms with Crippen LogP contribution in [-0.4, -0.2) is 117 Å². The molecule has 0 N–H and O–H groups in total. The summed E-state index contributed by atoms with van der Waals surface area (Å²) in [6.45, 7) is 11.1. The summed E-state index contributed by atoms with van der Waals surface area (Å²) >= 11 is 0. The molecule has 0 saturated carbocycles. The number of hydrogen-bond acceptors (Lipinski definition) is 11. The Hall–Kier alpha value is -1.54. The Morgan fingerprint density at radius 1 is 0.760 bits per heavy atom. The van der Waals surface area contributed by atoms with Crippen LogP contribution in [-0.2, 0) is 52.2 Å². The molecule has 10 saturated heterocycles. The summed E-state index contributed by atoms with van der Waals surface area (Å²) in [5.74, 6) is -0.608. The van der Waals surface area contributed by atoms with Crippen molar-refractivity contribution in [3.05, 3.63) is 24.3 Å². The van der Waals surface area contributed by atoms with E-state index in [1.165, 1.54) is 0 Å². The molecule has 10 aliphatic heterocycles. The van der Waals surface area contributed by atoms with Crippen molar-refractivity contribution in [3.8, 4) is 0 Å². The van der Waals surface area contributed by atoms with Gasteiger partial charge in [-0.25, -0.2) is 0 Å². The van der Waals surface area contributed by atoms with Gasteiger partial charge < -0.3 is 47.4 Å². The van der Waals surface area contributed by atoms with E-state index in [9.17, 15) is 9.59 Å². The van der Waals surface area contributed by atoms with Crippen LogP contribution in [0.25, 0.3) is 0 Å². The number of hydrogen-bond donors (Lipinski definition) is 0. The lowest BCUT2D eigenvalue weighted by atomic mass is 9.81. The molecule has 10 heterocycles. The fourth-order valence-electron chi connectivity index (χ4n) is 11.0. The minimum Gasteiger partial charge on any atom is -0.378 e. The number of rotatable bonds is 3. The molecule has 11 heteroatoms. The van der Waals surface area contributed by atoms with Gasteiger partial charge in [-0.3, -0.25) is 4.79 Å². The smallest absolute Gasteiger partial charge is 0.172 e. The molecule has 0 aromatic heterocycles. The predicted molar refractivity (Wildman–Crippen MR) is 177 cm³/mol. The van der Waals surface area contributed by atoms with Gasteiger partial charge in [-0.05, 0) is 62.0 Å². The first kappa shape index (κ1) is 34.2. The van der Waals surface area contributed by atoms with Crippen molar-refractivity contribution in [3.63, 3.8) is 0 Å². The first-order valence-electron chi connectivity index (χ1n) is 19.3. The van der Waals surface area contributed by atoms with Gasteiger partial charge in [0.15, 0.2) is 5.79 Å². The molecule has 0 radical (unpaired) electrons. The molecule has 0 amide bonds. The Morgan fingerprint density at radius 2 is 1.52 bits per heavy atom. The maximum absolute atomic E-state index is 13.9. The Balaban J connectivity index is 0.996. The first-order valence-corrected chi connectivity index (χ1v) is 19.3. The molecule has 0 aromatic rings. The van der Waals surface area contributed by atoms with Gasteiger partial charge in [-0.1, -0.05) is 20.1 Å². The highest BCUT2D eigenvalue weighted by Crippen LogP contribution is 2.54. The molecule has 0 aliphatic carbocycles. The second kappa shape index (κ2) is 13.4. The van der Waals surface area contributed by atoms with Crippen molar-refractivity contribution in [2.45, 2.75) is 188 Å². The Labute approximate surface area is 295 Å². The minimum atomic E-state index is -0.776. The van der Waals surface area contributed by atoms with E-state index in [4.69, 9.17) is 42.6 Å². The van der Waals surface area contributed by atoms with Crippen LogP contribution in [0.2, 0.25) is 0 Å². The van der Waals surface area contributed by atoms with Crippen molar-refractivity contribution in [2.75, 3.05) is 7.11 Å². The quantitative estimate of drug-likeness (QED) is 0.310. The van der Waals surface area contributed by atoms with E-state index in [2.05, 4.69) is 20.1 Å². The molecule has 276 valence electrons. The maximum Gasteiger partial charge on any atom is 0.172 e. The standard InChI is InChI=1S/C39H54O11/c1-19-13-23-5-7-27-20(2)14-25(43-27)9-11-39-18-32-35(49-39)36-37(48-32)38(50-39)34-28(47-36)8-6-24(45-34)15-22(41)16-26-31(17-30(44-23)21(19)3)46-29(10-12-40)33(26)42-4/h12,19,23-38H,2-3,5-11,13-18H2,1,4H3/t19?,23?,24?,25-,26?,27-,28?,29+,30?,31-,32?,33+,34-,35?,36-,37?,38?,39-/m0/s1. The van der Waals surface area contributed by atoms with E-state index in [1.54, 1.807) is 7.11 Å². The van der Waals surface area contributed by atoms with Crippen LogP contribution in [0, 0.1) is 11.8 Å². The summed E-state index contributed by atoms with van der Waals surface area (Å²) in [6, 6.07) is 0. The van der Waals surface area contributed by atoms with Gasteiger partial charge in [0.2, 0.25) is 0 Å². The molecule has 12 bridgehead atoms. The van der Waals surface area contributed by atoms with Crippen LogP contribution >= 0.6 is 0 Å². The molecule has 0 aromatic carbocycles. The highest BCUT2D eigenvalue weighted by Gasteiger charge is 2.68. The lowest BCUT2D eigenvalue weighted by Gasteiger charge is -2.47. The van der Waals surface area contributed by atoms with E-state index in [0.717, 1.165) is 62.4 Å². The normalized spacial score (nSPS) is 53.2. The summed E-state index contributed by atoms with van der Waals surface area (Å²) in [7, 11) is 1.64. The second-order valence-electron chi connectivity index (χ2n) is 16.7. The van der Waals surface area contributed by atoms with E-state index < -0.39 is 11.9 Å². The average molecular weight is 699 g/mol. The van der Waals surface area contributed by atoms with Crippen molar-refractivity contribution in [1.82, 2.24) is 0 Å². The molecule has 10 unspecified atom stereocenters.